The summed E-state index contributed by atoms with van der Waals surface area (Å²) in [5.74, 6) is 0.729. The summed E-state index contributed by atoms with van der Waals surface area (Å²) < 4.78 is 10.3. The van der Waals surface area contributed by atoms with Crippen LogP contribution in [0.25, 0.3) is 0 Å². The summed E-state index contributed by atoms with van der Waals surface area (Å²) in [6.07, 6.45) is 0. The number of ether oxygens (including phenoxy) is 1. The molecule has 6 heteroatoms. The van der Waals surface area contributed by atoms with Crippen LogP contribution >= 0.6 is 0 Å². The number of likely N-dealkylation sites (N-methyl/N-ethyl adjacent to an activating group) is 2. The summed E-state index contributed by atoms with van der Waals surface area (Å²) in [6, 6.07) is 9.51. The van der Waals surface area contributed by atoms with E-state index in [1.807, 2.05) is 50.1 Å². The second-order valence-electron chi connectivity index (χ2n) is 6.27. The molecule has 0 unspecified atom stereocenters. The Kier molecular flexibility index (Phi) is 6.58. The molecule has 0 bridgehead atoms. The van der Waals surface area contributed by atoms with Crippen molar-refractivity contribution in [2.75, 3.05) is 32.1 Å². The number of hydrogen-bond donors (Lipinski definition) is 0. The molecule has 1 amide bonds. The summed E-state index contributed by atoms with van der Waals surface area (Å²) in [4.78, 5) is 28.0. The lowest BCUT2D eigenvalue weighted by molar-refractivity contribution is -0.119. The third kappa shape index (κ3) is 4.52. The topological polar surface area (TPSA) is 63.0 Å². The molecule has 0 saturated heterocycles. The van der Waals surface area contributed by atoms with Crippen LogP contribution in [0, 0.1) is 13.8 Å². The molecule has 0 aliphatic carbocycles. The predicted octanol–water partition coefficient (Wildman–Crippen LogP) is 3.17. The molecule has 0 fully saturated rings. The van der Waals surface area contributed by atoms with E-state index in [2.05, 4.69) is 0 Å². The maximum atomic E-state index is 12.7. The second kappa shape index (κ2) is 8.67. The summed E-state index contributed by atoms with van der Waals surface area (Å²) in [7, 11) is 3.18. The third-order valence-corrected chi connectivity index (χ3v) is 4.23. The average molecular weight is 358 g/mol. The molecular weight excluding hydrogens is 332 g/mol. The number of amides is 1. The van der Waals surface area contributed by atoms with E-state index in [-0.39, 0.29) is 12.5 Å². The standard InChI is InChI=1S/C20H26N2O4/c1-6-22(18-10-8-7-9-14(18)2)19(23)13-21(4)12-16-11-17(15(3)26-16)20(24)25-5/h7-11H,6,12-13H2,1-5H3. The average Bonchev–Trinajstić information content (AvgIpc) is 2.96. The first-order valence-electron chi connectivity index (χ1n) is 8.59. The van der Waals surface area contributed by atoms with E-state index in [4.69, 9.17) is 9.15 Å². The van der Waals surface area contributed by atoms with Crippen molar-refractivity contribution in [2.24, 2.45) is 0 Å². The minimum atomic E-state index is -0.423. The number of benzene rings is 1. The zero-order valence-corrected chi connectivity index (χ0v) is 16.0. The van der Waals surface area contributed by atoms with Gasteiger partial charge in [0, 0.05) is 12.2 Å². The highest BCUT2D eigenvalue weighted by Gasteiger charge is 2.20. The molecular formula is C20H26N2O4. The monoisotopic (exact) mass is 358 g/mol. The molecule has 0 aliphatic heterocycles. The number of nitrogens with zero attached hydrogens (tertiary/aromatic N) is 2. The van der Waals surface area contributed by atoms with E-state index in [0.29, 0.717) is 30.2 Å². The Morgan fingerprint density at radius 2 is 1.88 bits per heavy atom. The highest BCUT2D eigenvalue weighted by atomic mass is 16.5. The molecule has 1 aromatic heterocycles. The Balaban J connectivity index is 2.05. The summed E-state index contributed by atoms with van der Waals surface area (Å²) >= 11 is 0. The molecule has 2 rings (SSSR count). The maximum Gasteiger partial charge on any atom is 0.341 e. The fraction of sp³-hybridized carbons (Fsp3) is 0.400. The van der Waals surface area contributed by atoms with Crippen LogP contribution in [0.3, 0.4) is 0 Å². The normalized spacial score (nSPS) is 10.8. The van der Waals surface area contributed by atoms with Gasteiger partial charge in [-0.05, 0) is 45.5 Å². The number of aryl methyl sites for hydroxylation is 2. The summed E-state index contributed by atoms with van der Waals surface area (Å²) in [5.41, 5.74) is 2.40. The largest absolute Gasteiger partial charge is 0.465 e. The first kappa shape index (κ1) is 19.7. The number of hydrogen-bond acceptors (Lipinski definition) is 5. The molecule has 0 atom stereocenters. The van der Waals surface area contributed by atoms with Crippen LogP contribution in [0.1, 0.15) is 34.4 Å². The van der Waals surface area contributed by atoms with Gasteiger partial charge in [0.2, 0.25) is 5.91 Å². The first-order valence-corrected chi connectivity index (χ1v) is 8.59. The number of methoxy groups -OCH3 is 1. The van der Waals surface area contributed by atoms with Gasteiger partial charge in [0.05, 0.1) is 20.2 Å². The van der Waals surface area contributed by atoms with Crippen LogP contribution < -0.4 is 4.90 Å². The molecule has 0 saturated carbocycles. The van der Waals surface area contributed by atoms with E-state index >= 15 is 0 Å². The Morgan fingerprint density at radius 3 is 2.50 bits per heavy atom. The number of furan rings is 1. The zero-order valence-electron chi connectivity index (χ0n) is 16.0. The molecule has 1 aromatic carbocycles. The van der Waals surface area contributed by atoms with Gasteiger partial charge >= 0.3 is 5.97 Å². The van der Waals surface area contributed by atoms with Crippen molar-refractivity contribution in [1.82, 2.24) is 4.90 Å². The van der Waals surface area contributed by atoms with Gasteiger partial charge in [0.1, 0.15) is 17.1 Å². The van der Waals surface area contributed by atoms with Crippen LogP contribution in [0.15, 0.2) is 34.7 Å². The van der Waals surface area contributed by atoms with E-state index in [1.165, 1.54) is 7.11 Å². The Hall–Kier alpha value is -2.60. The minimum Gasteiger partial charge on any atom is -0.465 e. The van der Waals surface area contributed by atoms with Gasteiger partial charge in [-0.3, -0.25) is 9.69 Å². The Morgan fingerprint density at radius 1 is 1.19 bits per heavy atom. The van der Waals surface area contributed by atoms with Crippen LogP contribution in [0.2, 0.25) is 0 Å². The van der Waals surface area contributed by atoms with E-state index in [1.54, 1.807) is 17.9 Å². The minimum absolute atomic E-state index is 0.0146. The summed E-state index contributed by atoms with van der Waals surface area (Å²) in [5, 5.41) is 0. The predicted molar refractivity (Wildman–Crippen MR) is 100 cm³/mol. The second-order valence-corrected chi connectivity index (χ2v) is 6.27. The van der Waals surface area contributed by atoms with Crippen molar-refractivity contribution in [3.8, 4) is 0 Å². The molecule has 0 aliphatic rings. The number of rotatable bonds is 7. The fourth-order valence-electron chi connectivity index (χ4n) is 2.92. The zero-order chi connectivity index (χ0) is 19.3. The van der Waals surface area contributed by atoms with Crippen LogP contribution in [0.4, 0.5) is 5.69 Å². The number of anilines is 1. The first-order chi connectivity index (χ1) is 12.4. The third-order valence-electron chi connectivity index (χ3n) is 4.23. The summed E-state index contributed by atoms with van der Waals surface area (Å²) in [6.45, 7) is 6.95. The van der Waals surface area contributed by atoms with Crippen molar-refractivity contribution in [1.29, 1.82) is 0 Å². The van der Waals surface area contributed by atoms with Gasteiger partial charge in [-0.15, -0.1) is 0 Å². The smallest absolute Gasteiger partial charge is 0.341 e. The van der Waals surface area contributed by atoms with Gasteiger partial charge in [-0.25, -0.2) is 4.79 Å². The lowest BCUT2D eigenvalue weighted by Gasteiger charge is -2.25. The van der Waals surface area contributed by atoms with Crippen molar-refractivity contribution in [3.05, 3.63) is 53.0 Å². The Labute approximate surface area is 154 Å². The molecule has 6 nitrogen and oxygen atoms in total. The van der Waals surface area contributed by atoms with Gasteiger partial charge in [-0.2, -0.15) is 0 Å². The molecule has 0 N–H and O–H groups in total. The van der Waals surface area contributed by atoms with E-state index in [0.717, 1.165) is 11.3 Å². The van der Waals surface area contributed by atoms with Gasteiger partial charge in [-0.1, -0.05) is 18.2 Å². The lowest BCUT2D eigenvalue weighted by Crippen LogP contribution is -2.39. The van der Waals surface area contributed by atoms with E-state index in [9.17, 15) is 9.59 Å². The van der Waals surface area contributed by atoms with Gasteiger partial charge in [0.15, 0.2) is 0 Å². The highest BCUT2D eigenvalue weighted by molar-refractivity contribution is 5.95. The maximum absolute atomic E-state index is 12.7. The molecule has 26 heavy (non-hydrogen) atoms. The number of para-hydroxylation sites is 1. The molecule has 140 valence electrons. The SMILES string of the molecule is CCN(C(=O)CN(C)Cc1cc(C(=O)OC)c(C)o1)c1ccccc1C. The van der Waals surface area contributed by atoms with Crippen molar-refractivity contribution < 1.29 is 18.7 Å². The van der Waals surface area contributed by atoms with Gasteiger partial charge in [0.25, 0.3) is 0 Å². The highest BCUT2D eigenvalue weighted by Crippen LogP contribution is 2.20. The lowest BCUT2D eigenvalue weighted by atomic mass is 10.2. The van der Waals surface area contributed by atoms with Crippen LogP contribution in [0.5, 0.6) is 0 Å². The molecule has 0 radical (unpaired) electrons. The fourth-order valence-corrected chi connectivity index (χ4v) is 2.92. The molecule has 0 spiro atoms. The molecule has 2 aromatic rings. The number of esters is 1. The van der Waals surface area contributed by atoms with Crippen molar-refractivity contribution >= 4 is 17.6 Å². The van der Waals surface area contributed by atoms with Crippen molar-refractivity contribution in [3.63, 3.8) is 0 Å². The quantitative estimate of drug-likeness (QED) is 0.712. The van der Waals surface area contributed by atoms with Crippen LogP contribution in [-0.2, 0) is 16.1 Å². The van der Waals surface area contributed by atoms with E-state index < -0.39 is 5.97 Å². The molecule has 1 heterocycles. The van der Waals surface area contributed by atoms with Gasteiger partial charge < -0.3 is 14.1 Å². The van der Waals surface area contributed by atoms with Crippen molar-refractivity contribution in [2.45, 2.75) is 27.3 Å². The van der Waals surface area contributed by atoms with Crippen LogP contribution in [-0.4, -0.2) is 44.0 Å². The number of carbonyl (C=O) groups is 2. The Bertz CT molecular complexity index is 782. The number of carbonyl (C=O) groups excluding carboxylic acids is 2.